The highest BCUT2D eigenvalue weighted by Crippen LogP contribution is 2.30. The number of carbonyl (C=O) groups excluding carboxylic acids is 2. The Kier molecular flexibility index (Phi) is 2.45. The van der Waals surface area contributed by atoms with Gasteiger partial charge >= 0.3 is 0 Å². The van der Waals surface area contributed by atoms with E-state index in [1.54, 1.807) is 24.1 Å². The van der Waals surface area contributed by atoms with Gasteiger partial charge in [0, 0.05) is 13.2 Å². The van der Waals surface area contributed by atoms with E-state index < -0.39 is 17.5 Å². The molecule has 19 heavy (non-hydrogen) atoms. The zero-order valence-corrected chi connectivity index (χ0v) is 10.1. The molecule has 0 aliphatic carbocycles. The fourth-order valence-electron chi connectivity index (χ4n) is 2.12. The number of ketones is 1. The molecule has 1 aliphatic rings. The number of fused-ring (bicyclic) bond motifs is 1. The summed E-state index contributed by atoms with van der Waals surface area (Å²) >= 11 is 0. The molecule has 1 aliphatic heterocycles. The number of anilines is 1. The van der Waals surface area contributed by atoms with Crippen molar-refractivity contribution in [2.75, 3.05) is 4.90 Å². The molecule has 0 atom stereocenters. The standard InChI is InChI=1S/C13H10FN3O2/c1-16-7-15-5-9(16)6-17-11-4-8(14)2-3-10(11)12(18)13(17)19/h2-5,7H,6H2,1H3. The third-order valence-electron chi connectivity index (χ3n) is 3.17. The summed E-state index contributed by atoms with van der Waals surface area (Å²) in [5, 5.41) is 0. The molecular formula is C13H10FN3O2. The Bertz CT molecular complexity index is 693. The van der Waals surface area contributed by atoms with Gasteiger partial charge in [0.2, 0.25) is 0 Å². The number of hydrogen-bond donors (Lipinski definition) is 0. The Morgan fingerprint density at radius 2 is 2.11 bits per heavy atom. The third-order valence-corrected chi connectivity index (χ3v) is 3.17. The van der Waals surface area contributed by atoms with Gasteiger partial charge in [-0.3, -0.25) is 14.5 Å². The summed E-state index contributed by atoms with van der Waals surface area (Å²) in [5.74, 6) is -1.71. The number of carbonyl (C=O) groups is 2. The first kappa shape index (κ1) is 11.6. The van der Waals surface area contributed by atoms with E-state index in [4.69, 9.17) is 0 Å². The highest BCUT2D eigenvalue weighted by molar-refractivity contribution is 6.52. The molecule has 0 saturated carbocycles. The van der Waals surface area contributed by atoms with Crippen LogP contribution in [0.2, 0.25) is 0 Å². The first-order chi connectivity index (χ1) is 9.08. The Labute approximate surface area is 108 Å². The molecule has 0 saturated heterocycles. The maximum atomic E-state index is 13.3. The van der Waals surface area contributed by atoms with Crippen molar-refractivity contribution >= 4 is 17.4 Å². The van der Waals surface area contributed by atoms with Gasteiger partial charge in [0.25, 0.3) is 11.7 Å². The molecule has 3 rings (SSSR count). The van der Waals surface area contributed by atoms with Crippen molar-refractivity contribution in [3.63, 3.8) is 0 Å². The minimum Gasteiger partial charge on any atom is -0.336 e. The minimum atomic E-state index is -0.637. The summed E-state index contributed by atoms with van der Waals surface area (Å²) in [4.78, 5) is 29.0. The highest BCUT2D eigenvalue weighted by atomic mass is 19.1. The molecule has 1 aromatic carbocycles. The number of Topliss-reactive ketones (excluding diaryl/α,β-unsaturated/α-hetero) is 1. The lowest BCUT2D eigenvalue weighted by atomic mass is 10.1. The van der Waals surface area contributed by atoms with Crippen molar-refractivity contribution < 1.29 is 14.0 Å². The van der Waals surface area contributed by atoms with E-state index in [9.17, 15) is 14.0 Å². The molecule has 0 unspecified atom stereocenters. The van der Waals surface area contributed by atoms with Crippen LogP contribution < -0.4 is 4.90 Å². The van der Waals surface area contributed by atoms with Gasteiger partial charge in [0.05, 0.1) is 29.8 Å². The summed E-state index contributed by atoms with van der Waals surface area (Å²) < 4.78 is 15.0. The van der Waals surface area contributed by atoms with Crippen LogP contribution in [0.4, 0.5) is 10.1 Å². The van der Waals surface area contributed by atoms with Crippen molar-refractivity contribution in [3.05, 3.63) is 47.8 Å². The number of rotatable bonds is 2. The quantitative estimate of drug-likeness (QED) is 0.764. The minimum absolute atomic E-state index is 0.192. The Balaban J connectivity index is 2.04. The van der Waals surface area contributed by atoms with Gasteiger partial charge in [0.1, 0.15) is 5.82 Å². The van der Waals surface area contributed by atoms with Crippen LogP contribution in [0.25, 0.3) is 0 Å². The Morgan fingerprint density at radius 3 is 2.79 bits per heavy atom. The maximum absolute atomic E-state index is 13.3. The Hall–Kier alpha value is -2.50. The number of benzene rings is 1. The van der Waals surface area contributed by atoms with E-state index in [0.29, 0.717) is 5.69 Å². The molecule has 1 aromatic heterocycles. The summed E-state index contributed by atoms with van der Waals surface area (Å²) in [6, 6.07) is 3.72. The van der Waals surface area contributed by atoms with E-state index in [0.717, 1.165) is 5.69 Å². The lowest BCUT2D eigenvalue weighted by Crippen LogP contribution is -2.29. The average Bonchev–Trinajstić information content (AvgIpc) is 2.88. The predicted molar refractivity (Wildman–Crippen MR) is 65.1 cm³/mol. The molecule has 2 heterocycles. The number of nitrogens with zero attached hydrogens (tertiary/aromatic N) is 3. The molecule has 0 radical (unpaired) electrons. The fraction of sp³-hybridized carbons (Fsp3) is 0.154. The van der Waals surface area contributed by atoms with E-state index >= 15 is 0 Å². The molecule has 2 aromatic rings. The van der Waals surface area contributed by atoms with Gasteiger partial charge in [-0.05, 0) is 18.2 Å². The van der Waals surface area contributed by atoms with Crippen LogP contribution in [-0.4, -0.2) is 21.2 Å². The van der Waals surface area contributed by atoms with Crippen molar-refractivity contribution in [2.45, 2.75) is 6.54 Å². The van der Waals surface area contributed by atoms with Crippen LogP contribution >= 0.6 is 0 Å². The summed E-state index contributed by atoms with van der Waals surface area (Å²) in [5.41, 5.74) is 1.32. The zero-order valence-electron chi connectivity index (χ0n) is 10.1. The predicted octanol–water partition coefficient (Wildman–Crippen LogP) is 1.29. The van der Waals surface area contributed by atoms with Crippen LogP contribution in [-0.2, 0) is 18.4 Å². The van der Waals surface area contributed by atoms with E-state index in [-0.39, 0.29) is 12.1 Å². The first-order valence-corrected chi connectivity index (χ1v) is 5.69. The van der Waals surface area contributed by atoms with Crippen LogP contribution in [0.5, 0.6) is 0 Å². The van der Waals surface area contributed by atoms with E-state index in [1.165, 1.54) is 23.1 Å². The number of hydrogen-bond acceptors (Lipinski definition) is 3. The number of imidazole rings is 1. The van der Waals surface area contributed by atoms with Gasteiger partial charge in [-0.15, -0.1) is 0 Å². The zero-order chi connectivity index (χ0) is 13.6. The lowest BCUT2D eigenvalue weighted by Gasteiger charge is -2.16. The van der Waals surface area contributed by atoms with Crippen LogP contribution in [0, 0.1) is 5.82 Å². The monoisotopic (exact) mass is 259 g/mol. The summed E-state index contributed by atoms with van der Waals surface area (Å²) in [6.45, 7) is 0.192. The second-order valence-corrected chi connectivity index (χ2v) is 4.38. The Morgan fingerprint density at radius 1 is 1.32 bits per heavy atom. The normalized spacial score (nSPS) is 14.1. The second-order valence-electron chi connectivity index (χ2n) is 4.38. The van der Waals surface area contributed by atoms with Crippen molar-refractivity contribution in [2.24, 2.45) is 7.05 Å². The molecule has 5 nitrogen and oxygen atoms in total. The van der Waals surface area contributed by atoms with Crippen molar-refractivity contribution in [1.29, 1.82) is 0 Å². The smallest absolute Gasteiger partial charge is 0.299 e. The molecule has 96 valence electrons. The molecule has 0 fully saturated rings. The number of amides is 1. The fourth-order valence-corrected chi connectivity index (χ4v) is 2.12. The van der Waals surface area contributed by atoms with Gasteiger partial charge in [0.15, 0.2) is 0 Å². The molecule has 6 heteroatoms. The highest BCUT2D eigenvalue weighted by Gasteiger charge is 2.36. The number of halogens is 1. The number of aromatic nitrogens is 2. The number of aryl methyl sites for hydroxylation is 1. The lowest BCUT2D eigenvalue weighted by molar-refractivity contribution is -0.114. The van der Waals surface area contributed by atoms with E-state index in [2.05, 4.69) is 4.98 Å². The van der Waals surface area contributed by atoms with Crippen molar-refractivity contribution in [3.8, 4) is 0 Å². The topological polar surface area (TPSA) is 55.2 Å². The average molecular weight is 259 g/mol. The van der Waals surface area contributed by atoms with Crippen molar-refractivity contribution in [1.82, 2.24) is 9.55 Å². The van der Waals surface area contributed by atoms with Crippen LogP contribution in [0.15, 0.2) is 30.7 Å². The van der Waals surface area contributed by atoms with Crippen LogP contribution in [0.1, 0.15) is 16.1 Å². The van der Waals surface area contributed by atoms with E-state index in [1.807, 2.05) is 0 Å². The summed E-state index contributed by atoms with van der Waals surface area (Å²) in [6.07, 6.45) is 3.21. The largest absolute Gasteiger partial charge is 0.336 e. The first-order valence-electron chi connectivity index (χ1n) is 5.69. The molecule has 0 N–H and O–H groups in total. The van der Waals surface area contributed by atoms with Gasteiger partial charge in [-0.1, -0.05) is 0 Å². The van der Waals surface area contributed by atoms with Gasteiger partial charge in [-0.25, -0.2) is 9.37 Å². The SMILES string of the molecule is Cn1cncc1CN1C(=O)C(=O)c2ccc(F)cc21. The van der Waals surface area contributed by atoms with Gasteiger partial charge in [-0.2, -0.15) is 0 Å². The molecular weight excluding hydrogens is 249 g/mol. The van der Waals surface area contributed by atoms with Gasteiger partial charge < -0.3 is 4.57 Å². The third kappa shape index (κ3) is 1.72. The van der Waals surface area contributed by atoms with Crippen LogP contribution in [0.3, 0.4) is 0 Å². The molecule has 0 spiro atoms. The molecule has 0 bridgehead atoms. The maximum Gasteiger partial charge on any atom is 0.299 e. The molecule has 1 amide bonds. The summed E-state index contributed by atoms with van der Waals surface area (Å²) in [7, 11) is 1.79. The second kappa shape index (κ2) is 4.01.